The van der Waals surface area contributed by atoms with Crippen molar-refractivity contribution < 1.29 is 9.18 Å². The SMILES string of the molecule is O=C1CCC[C@@H]2C(C=Cc3ccc(-c4cccc(F)c4)cn3)C3CCCCC3CN12. The van der Waals surface area contributed by atoms with Gasteiger partial charge in [-0.2, -0.15) is 0 Å². The molecule has 0 radical (unpaired) electrons. The van der Waals surface area contributed by atoms with E-state index in [-0.39, 0.29) is 5.82 Å². The van der Waals surface area contributed by atoms with E-state index in [1.807, 2.05) is 24.4 Å². The van der Waals surface area contributed by atoms with Crippen molar-refractivity contribution in [2.24, 2.45) is 17.8 Å². The van der Waals surface area contributed by atoms with Gasteiger partial charge in [-0.1, -0.05) is 37.1 Å². The third-order valence-electron chi connectivity index (χ3n) is 7.38. The number of pyridine rings is 1. The fourth-order valence-corrected chi connectivity index (χ4v) is 5.92. The van der Waals surface area contributed by atoms with Crippen LogP contribution < -0.4 is 0 Å². The minimum absolute atomic E-state index is 0.234. The zero-order valence-electron chi connectivity index (χ0n) is 17.3. The van der Waals surface area contributed by atoms with Crippen molar-refractivity contribution in [3.8, 4) is 11.1 Å². The van der Waals surface area contributed by atoms with Gasteiger partial charge in [0.25, 0.3) is 0 Å². The van der Waals surface area contributed by atoms with E-state index in [4.69, 9.17) is 0 Å². The van der Waals surface area contributed by atoms with Crippen molar-refractivity contribution in [1.82, 2.24) is 9.88 Å². The van der Waals surface area contributed by atoms with Gasteiger partial charge >= 0.3 is 0 Å². The van der Waals surface area contributed by atoms with Crippen molar-refractivity contribution in [2.45, 2.75) is 51.0 Å². The highest BCUT2D eigenvalue weighted by atomic mass is 19.1. The monoisotopic (exact) mass is 404 g/mol. The predicted octanol–water partition coefficient (Wildman–Crippen LogP) is 5.72. The van der Waals surface area contributed by atoms with Crippen molar-refractivity contribution in [3.63, 3.8) is 0 Å². The van der Waals surface area contributed by atoms with Crippen LogP contribution in [0.1, 0.15) is 50.6 Å². The van der Waals surface area contributed by atoms with Gasteiger partial charge in [0.1, 0.15) is 5.82 Å². The van der Waals surface area contributed by atoms with Gasteiger partial charge in [0.2, 0.25) is 5.91 Å². The summed E-state index contributed by atoms with van der Waals surface area (Å²) >= 11 is 0. The Hall–Kier alpha value is -2.49. The van der Waals surface area contributed by atoms with Crippen LogP contribution in [0.4, 0.5) is 4.39 Å². The molecule has 3 heterocycles. The van der Waals surface area contributed by atoms with Gasteiger partial charge in [0.05, 0.1) is 5.69 Å². The third-order valence-corrected chi connectivity index (χ3v) is 7.38. The summed E-state index contributed by atoms with van der Waals surface area (Å²) in [6.45, 7) is 0.971. The van der Waals surface area contributed by atoms with Crippen LogP contribution in [-0.4, -0.2) is 28.4 Å². The lowest BCUT2D eigenvalue weighted by molar-refractivity contribution is -0.144. The van der Waals surface area contributed by atoms with Gasteiger partial charge in [-0.25, -0.2) is 4.39 Å². The van der Waals surface area contributed by atoms with Crippen molar-refractivity contribution in [3.05, 3.63) is 60.2 Å². The van der Waals surface area contributed by atoms with E-state index in [9.17, 15) is 9.18 Å². The number of hydrogen-bond acceptors (Lipinski definition) is 2. The fourth-order valence-electron chi connectivity index (χ4n) is 5.92. The van der Waals surface area contributed by atoms with Gasteiger partial charge < -0.3 is 4.90 Å². The second-order valence-corrected chi connectivity index (χ2v) is 9.13. The molecule has 1 aromatic carbocycles. The number of carbonyl (C=O) groups is 1. The number of nitrogens with zero attached hydrogens (tertiary/aromatic N) is 2. The highest BCUT2D eigenvalue weighted by Gasteiger charge is 2.45. The molecule has 4 atom stereocenters. The zero-order chi connectivity index (χ0) is 20.5. The second kappa shape index (κ2) is 8.33. The molecule has 0 N–H and O–H groups in total. The van der Waals surface area contributed by atoms with E-state index in [2.05, 4.69) is 22.0 Å². The van der Waals surface area contributed by atoms with Crippen LogP contribution in [0.5, 0.6) is 0 Å². The molecular formula is C26H29FN2O. The normalized spacial score (nSPS) is 29.0. The number of aromatic nitrogens is 1. The first-order valence-electron chi connectivity index (χ1n) is 11.4. The molecule has 3 fully saturated rings. The summed E-state index contributed by atoms with van der Waals surface area (Å²) in [6.07, 6.45) is 14.3. The van der Waals surface area contributed by atoms with Crippen LogP contribution >= 0.6 is 0 Å². The Morgan fingerprint density at radius 1 is 1.03 bits per heavy atom. The van der Waals surface area contributed by atoms with E-state index in [1.54, 1.807) is 6.07 Å². The predicted molar refractivity (Wildman–Crippen MR) is 117 cm³/mol. The summed E-state index contributed by atoms with van der Waals surface area (Å²) in [7, 11) is 0. The van der Waals surface area contributed by atoms with E-state index in [0.717, 1.165) is 36.2 Å². The summed E-state index contributed by atoms with van der Waals surface area (Å²) in [5, 5.41) is 0. The molecule has 1 amide bonds. The summed E-state index contributed by atoms with van der Waals surface area (Å²) in [6, 6.07) is 11.0. The topological polar surface area (TPSA) is 33.2 Å². The number of rotatable bonds is 3. The maximum atomic E-state index is 13.5. The molecule has 3 aliphatic rings. The maximum absolute atomic E-state index is 13.5. The molecule has 3 nitrogen and oxygen atoms in total. The molecule has 2 aromatic rings. The lowest BCUT2D eigenvalue weighted by Gasteiger charge is -2.52. The molecule has 30 heavy (non-hydrogen) atoms. The minimum atomic E-state index is -0.234. The summed E-state index contributed by atoms with van der Waals surface area (Å²) < 4.78 is 13.5. The van der Waals surface area contributed by atoms with Crippen LogP contribution in [0.3, 0.4) is 0 Å². The molecule has 3 unspecified atom stereocenters. The van der Waals surface area contributed by atoms with E-state index in [0.29, 0.717) is 36.1 Å². The Morgan fingerprint density at radius 2 is 1.93 bits per heavy atom. The quantitative estimate of drug-likeness (QED) is 0.656. The second-order valence-electron chi connectivity index (χ2n) is 9.13. The van der Waals surface area contributed by atoms with Gasteiger partial charge in [-0.15, -0.1) is 0 Å². The standard InChI is InChI=1S/C26H29FN2O/c27-21-7-3-6-18(15-21)19-11-12-22(28-16-19)13-14-24-23-8-2-1-5-20(23)17-29-25(24)9-4-10-26(29)30/h3,6-7,11-16,20,23-25H,1-2,4-5,8-10,17H2/t20?,23?,24?,25-/m1/s1. The first-order chi connectivity index (χ1) is 14.7. The smallest absolute Gasteiger partial charge is 0.222 e. The van der Waals surface area contributed by atoms with Gasteiger partial charge in [0, 0.05) is 36.7 Å². The van der Waals surface area contributed by atoms with Crippen LogP contribution in [-0.2, 0) is 4.79 Å². The molecule has 2 saturated heterocycles. The fraction of sp³-hybridized carbons (Fsp3) is 0.462. The Morgan fingerprint density at radius 3 is 2.77 bits per heavy atom. The van der Waals surface area contributed by atoms with Crippen molar-refractivity contribution >= 4 is 12.0 Å². The third kappa shape index (κ3) is 3.80. The van der Waals surface area contributed by atoms with Crippen LogP contribution in [0.15, 0.2) is 48.7 Å². The Kier molecular flexibility index (Phi) is 5.41. The van der Waals surface area contributed by atoms with Crippen LogP contribution in [0, 0.1) is 23.6 Å². The molecule has 4 heteroatoms. The molecule has 1 saturated carbocycles. The molecule has 5 rings (SSSR count). The molecule has 0 bridgehead atoms. The number of hydrogen-bond donors (Lipinski definition) is 0. The first kappa shape index (κ1) is 19.5. The molecular weight excluding hydrogens is 375 g/mol. The highest BCUT2D eigenvalue weighted by molar-refractivity contribution is 5.77. The van der Waals surface area contributed by atoms with Crippen molar-refractivity contribution in [2.75, 3.05) is 6.54 Å². The highest BCUT2D eigenvalue weighted by Crippen LogP contribution is 2.45. The number of amides is 1. The number of piperidine rings is 2. The molecule has 1 aliphatic carbocycles. The minimum Gasteiger partial charge on any atom is -0.339 e. The Labute approximate surface area is 178 Å². The molecule has 2 aliphatic heterocycles. The van der Waals surface area contributed by atoms with E-state index in [1.165, 1.54) is 37.8 Å². The van der Waals surface area contributed by atoms with Crippen molar-refractivity contribution in [1.29, 1.82) is 0 Å². The average Bonchev–Trinajstić information content (AvgIpc) is 2.78. The Balaban J connectivity index is 1.37. The number of carbonyl (C=O) groups excluding carboxylic acids is 1. The molecule has 156 valence electrons. The summed E-state index contributed by atoms with van der Waals surface area (Å²) in [4.78, 5) is 19.4. The number of benzene rings is 1. The average molecular weight is 405 g/mol. The lowest BCUT2D eigenvalue weighted by Crippen LogP contribution is -2.57. The zero-order valence-corrected chi connectivity index (χ0v) is 17.3. The number of fused-ring (bicyclic) bond motifs is 2. The summed E-state index contributed by atoms with van der Waals surface area (Å²) in [5.41, 5.74) is 2.68. The molecule has 1 aromatic heterocycles. The van der Waals surface area contributed by atoms with Gasteiger partial charge in [0.15, 0.2) is 0 Å². The number of halogens is 1. The van der Waals surface area contributed by atoms with E-state index >= 15 is 0 Å². The van der Waals surface area contributed by atoms with Crippen LogP contribution in [0.25, 0.3) is 17.2 Å². The first-order valence-corrected chi connectivity index (χ1v) is 11.4. The maximum Gasteiger partial charge on any atom is 0.222 e. The van der Waals surface area contributed by atoms with Gasteiger partial charge in [-0.3, -0.25) is 9.78 Å². The summed E-state index contributed by atoms with van der Waals surface area (Å²) in [5.74, 6) is 1.88. The largest absolute Gasteiger partial charge is 0.339 e. The van der Waals surface area contributed by atoms with Gasteiger partial charge in [-0.05, 0) is 67.4 Å². The van der Waals surface area contributed by atoms with Crippen LogP contribution in [0.2, 0.25) is 0 Å². The molecule has 0 spiro atoms. The Bertz CT molecular complexity index is 938. The van der Waals surface area contributed by atoms with E-state index < -0.39 is 0 Å². The lowest BCUT2D eigenvalue weighted by atomic mass is 9.65.